The van der Waals surface area contributed by atoms with E-state index < -0.39 is 45.2 Å². The van der Waals surface area contributed by atoms with Crippen LogP contribution >= 0.6 is 37.0 Å². The van der Waals surface area contributed by atoms with Gasteiger partial charge in [0.05, 0.1) is 13.1 Å². The van der Waals surface area contributed by atoms with Gasteiger partial charge in [-0.25, -0.2) is 8.42 Å². The molecule has 0 saturated heterocycles. The minimum Gasteiger partial charge on any atom is -0.480 e. The molecule has 0 amide bonds. The van der Waals surface area contributed by atoms with E-state index in [0.29, 0.717) is 57.2 Å². The molecular weight excluding hydrogens is 911 g/mol. The zero-order valence-corrected chi connectivity index (χ0v) is 42.8. The van der Waals surface area contributed by atoms with Crippen molar-refractivity contribution in [2.45, 2.75) is 90.3 Å². The molecule has 17 heteroatoms. The number of fused-ring (bicyclic) bond motifs is 2. The van der Waals surface area contributed by atoms with Crippen molar-refractivity contribution in [1.82, 2.24) is 20.4 Å². The fourth-order valence-electron chi connectivity index (χ4n) is 7.49. The number of rotatable bonds is 28. The van der Waals surface area contributed by atoms with E-state index >= 15 is 0 Å². The lowest BCUT2D eigenvalue weighted by atomic mass is 9.97. The number of carbonyl (C=O) groups is 3. The number of nitrogens with two attached hydrogens (primary N) is 3. The van der Waals surface area contributed by atoms with Crippen LogP contribution in [0.25, 0.3) is 21.5 Å². The van der Waals surface area contributed by atoms with Gasteiger partial charge < -0.3 is 32.9 Å². The molecule has 7 atom stereocenters. The van der Waals surface area contributed by atoms with Gasteiger partial charge in [0.1, 0.15) is 6.04 Å². The predicted molar refractivity (Wildman–Crippen MR) is 282 cm³/mol. The average Bonchev–Trinajstić information content (AvgIpc) is 3.32. The number of hydrogen-bond donors (Lipinski definition) is 8. The smallest absolute Gasteiger partial charge is 0.320 e. The molecule has 0 aliphatic heterocycles. The fourth-order valence-corrected chi connectivity index (χ4v) is 9.20. The van der Waals surface area contributed by atoms with Gasteiger partial charge in [0.15, 0.2) is 0 Å². The monoisotopic (exact) mass is 985 g/mol. The third-order valence-corrected chi connectivity index (χ3v) is 15.2. The van der Waals surface area contributed by atoms with Crippen LogP contribution in [0.3, 0.4) is 0 Å². The molecule has 0 bridgehead atoms. The van der Waals surface area contributed by atoms with Crippen molar-refractivity contribution in [3.63, 3.8) is 0 Å². The Morgan fingerprint density at radius 1 is 0.682 bits per heavy atom. The third kappa shape index (κ3) is 18.4. The maximum Gasteiger partial charge on any atom is 0.320 e. The standard InChI is InChI=1S/C44H64N6O4S3.C5H11NO2S/c1-5-31(3)41(47-21-37(45)29-55)25-49(23-35-17-11-15-33-13-7-9-19-39(33)35)27-43(51)57(53,54)44(52)28-50(26-42(32(4)6-2)48-22-38(46)30-56)24-36-18-12-16-34-14-8-10-20-40(34)36;1-9-3-2-4(6)5(7)8/h7-20,31-32,37-38,41-42,47-48,55-56H,5-6,21-30,45-46H2,1-4H3;4H,2-3,6H2,1H3,(H,7,8)/t31?,32?,37-,38-,41?,42?;4-/m00/s1. The first-order valence-corrected chi connectivity index (χ1v) is 27.0. The second kappa shape index (κ2) is 29.7. The van der Waals surface area contributed by atoms with E-state index in [-0.39, 0.29) is 36.0 Å². The van der Waals surface area contributed by atoms with Crippen molar-refractivity contribution in [3.8, 4) is 0 Å². The second-order valence-electron chi connectivity index (χ2n) is 17.3. The number of benzene rings is 4. The SMILES string of the molecule is CCC(C)C(CN(CC(=O)S(=O)(=O)C(=O)CN(Cc1cccc2ccccc12)CC(NC[C@H](N)CS)C(C)CC)Cc1cccc2ccccc12)NC[C@H](N)CS.CSCC[C@H](N)C(=O)O. The van der Waals surface area contributed by atoms with Crippen molar-refractivity contribution in [1.29, 1.82) is 0 Å². The summed E-state index contributed by atoms with van der Waals surface area (Å²) in [7, 11) is -4.84. The zero-order chi connectivity index (χ0) is 48.8. The van der Waals surface area contributed by atoms with E-state index in [4.69, 9.17) is 22.3 Å². The van der Waals surface area contributed by atoms with Gasteiger partial charge in [-0.3, -0.25) is 24.2 Å². The van der Waals surface area contributed by atoms with Crippen molar-refractivity contribution >= 4 is 84.6 Å². The summed E-state index contributed by atoms with van der Waals surface area (Å²) in [5, 5.41) is 17.3. The van der Waals surface area contributed by atoms with E-state index in [1.165, 1.54) is 0 Å². The van der Waals surface area contributed by atoms with Crippen LogP contribution in [0.1, 0.15) is 58.1 Å². The van der Waals surface area contributed by atoms with Gasteiger partial charge in [-0.05, 0) is 62.9 Å². The van der Waals surface area contributed by atoms with Gasteiger partial charge in [0, 0.05) is 74.9 Å². The summed E-state index contributed by atoms with van der Waals surface area (Å²) >= 11 is 10.3. The first-order chi connectivity index (χ1) is 31.5. The molecule has 4 rings (SSSR count). The zero-order valence-electron chi connectivity index (χ0n) is 39.3. The molecule has 66 heavy (non-hydrogen) atoms. The van der Waals surface area contributed by atoms with E-state index in [2.05, 4.69) is 63.6 Å². The van der Waals surface area contributed by atoms with Gasteiger partial charge in [-0.2, -0.15) is 37.0 Å². The van der Waals surface area contributed by atoms with Crippen LogP contribution in [-0.2, 0) is 37.3 Å². The first-order valence-electron chi connectivity index (χ1n) is 22.8. The summed E-state index contributed by atoms with van der Waals surface area (Å²) in [5.41, 5.74) is 19.5. The quantitative estimate of drug-likeness (QED) is 0.0333. The van der Waals surface area contributed by atoms with Crippen molar-refractivity contribution in [3.05, 3.63) is 96.1 Å². The molecule has 0 aliphatic rings. The molecule has 0 spiro atoms. The fraction of sp³-hybridized carbons (Fsp3) is 0.531. The Morgan fingerprint density at radius 3 is 1.44 bits per heavy atom. The molecule has 0 saturated carbocycles. The number of nitrogens with one attached hydrogen (secondary N) is 2. The Bertz CT molecular complexity index is 2070. The molecule has 366 valence electrons. The molecule has 0 aromatic heterocycles. The minimum atomic E-state index is -4.84. The largest absolute Gasteiger partial charge is 0.480 e. The lowest BCUT2D eigenvalue weighted by Gasteiger charge is -2.32. The Hall–Kier alpha value is -3.07. The summed E-state index contributed by atoms with van der Waals surface area (Å²) in [6.45, 7) is 9.98. The lowest BCUT2D eigenvalue weighted by molar-refractivity contribution is -0.138. The molecule has 13 nitrogen and oxygen atoms in total. The Kier molecular flexibility index (Phi) is 25.8. The number of sulfone groups is 1. The number of thiol groups is 2. The normalized spacial score (nSPS) is 15.2. The minimum absolute atomic E-state index is 0.0982. The Labute approximate surface area is 408 Å². The molecule has 0 radical (unpaired) electrons. The van der Waals surface area contributed by atoms with Crippen molar-refractivity contribution in [2.24, 2.45) is 29.0 Å². The molecule has 0 aliphatic carbocycles. The lowest BCUT2D eigenvalue weighted by Crippen LogP contribution is -2.51. The van der Waals surface area contributed by atoms with E-state index in [1.54, 1.807) is 11.8 Å². The topological polar surface area (TPSA) is 214 Å². The number of hydrogen-bond acceptors (Lipinski definition) is 15. The summed E-state index contributed by atoms with van der Waals surface area (Å²) in [5.74, 6) is 1.30. The maximum absolute atomic E-state index is 14.1. The predicted octanol–water partition coefficient (Wildman–Crippen LogP) is 5.44. The van der Waals surface area contributed by atoms with E-state index in [1.807, 2.05) is 101 Å². The van der Waals surface area contributed by atoms with Gasteiger partial charge in [-0.15, -0.1) is 0 Å². The number of carboxylic acids is 1. The molecule has 9 N–H and O–H groups in total. The highest BCUT2D eigenvalue weighted by Crippen LogP contribution is 2.23. The summed E-state index contributed by atoms with van der Waals surface area (Å²) < 4.78 is 28.1. The van der Waals surface area contributed by atoms with Crippen LogP contribution in [0, 0.1) is 11.8 Å². The van der Waals surface area contributed by atoms with Crippen molar-refractivity contribution < 1.29 is 27.9 Å². The van der Waals surface area contributed by atoms with E-state index in [9.17, 15) is 22.8 Å². The van der Waals surface area contributed by atoms with Crippen LogP contribution in [0.15, 0.2) is 84.9 Å². The number of carboxylic acid groups (broad SMARTS) is 1. The van der Waals surface area contributed by atoms with Crippen LogP contribution in [0.5, 0.6) is 0 Å². The van der Waals surface area contributed by atoms with Crippen LogP contribution in [0.2, 0.25) is 0 Å². The van der Waals surface area contributed by atoms with Crippen LogP contribution in [0.4, 0.5) is 0 Å². The molecule has 4 unspecified atom stereocenters. The summed E-state index contributed by atoms with van der Waals surface area (Å²) in [4.78, 5) is 41.9. The highest BCUT2D eigenvalue weighted by Gasteiger charge is 2.35. The molecule has 4 aromatic rings. The summed E-state index contributed by atoms with van der Waals surface area (Å²) in [6.07, 6.45) is 4.20. The van der Waals surface area contributed by atoms with Gasteiger partial charge in [0.2, 0.25) is 0 Å². The highest BCUT2D eigenvalue weighted by atomic mass is 32.2. The van der Waals surface area contributed by atoms with Gasteiger partial charge in [-0.1, -0.05) is 125 Å². The number of aliphatic carboxylic acids is 1. The molecule has 0 heterocycles. The first kappa shape index (κ1) is 57.2. The molecular formula is C49H75N7O6S4. The molecule has 4 aromatic carbocycles. The van der Waals surface area contributed by atoms with E-state index in [0.717, 1.165) is 51.3 Å². The maximum atomic E-state index is 14.1. The number of thioether (sulfide) groups is 1. The van der Waals surface area contributed by atoms with Crippen LogP contribution in [-0.4, -0.2) is 133 Å². The Morgan fingerprint density at radius 2 is 1.08 bits per heavy atom. The van der Waals surface area contributed by atoms with Gasteiger partial charge in [0.25, 0.3) is 20.1 Å². The number of carbonyl (C=O) groups excluding carboxylic acids is 2. The average molecular weight is 986 g/mol. The number of nitrogens with zero attached hydrogens (tertiary/aromatic N) is 2. The van der Waals surface area contributed by atoms with Crippen LogP contribution < -0.4 is 27.8 Å². The third-order valence-electron chi connectivity index (χ3n) is 12.1. The van der Waals surface area contributed by atoms with Crippen molar-refractivity contribution in [2.75, 3.05) is 62.8 Å². The second-order valence-corrected chi connectivity index (χ2v) is 20.9. The summed E-state index contributed by atoms with van der Waals surface area (Å²) in [6, 6.07) is 26.7. The Balaban J connectivity index is 0.00000116. The molecule has 0 fully saturated rings. The highest BCUT2D eigenvalue weighted by molar-refractivity contribution is 8.18. The van der Waals surface area contributed by atoms with Gasteiger partial charge >= 0.3 is 5.97 Å².